The van der Waals surface area contributed by atoms with Crippen LogP contribution in [0.4, 0.5) is 0 Å². The molecule has 1 aliphatic rings. The first-order chi connectivity index (χ1) is 8.63. The number of aryl methyl sites for hydroxylation is 2. The Morgan fingerprint density at radius 3 is 2.83 bits per heavy atom. The highest BCUT2D eigenvalue weighted by atomic mass is 32.1. The molecule has 3 rings (SSSR count). The molecule has 2 heterocycles. The van der Waals surface area contributed by atoms with E-state index in [-0.39, 0.29) is 0 Å². The van der Waals surface area contributed by atoms with E-state index in [0.29, 0.717) is 6.04 Å². The molecule has 1 fully saturated rings. The quantitative estimate of drug-likeness (QED) is 0.801. The molecule has 2 heteroatoms. The fourth-order valence-corrected chi connectivity index (χ4v) is 4.49. The maximum absolute atomic E-state index is 3.54. The van der Waals surface area contributed by atoms with E-state index >= 15 is 0 Å². The maximum Gasteiger partial charge on any atom is 0.0351 e. The standard InChI is InChI=1S/C16H21NS/c1-10-6-11(2)14-9-15(18-16(14)7-10)13-4-5-17-12(3)8-13/h6-7,9,12-13,17H,4-5,8H2,1-3H3/t12-,13+/m0/s1. The molecule has 2 atom stereocenters. The lowest BCUT2D eigenvalue weighted by Gasteiger charge is -2.27. The first kappa shape index (κ1) is 12.2. The average molecular weight is 259 g/mol. The summed E-state index contributed by atoms with van der Waals surface area (Å²) in [6.45, 7) is 7.89. The van der Waals surface area contributed by atoms with Gasteiger partial charge in [0, 0.05) is 15.6 Å². The number of rotatable bonds is 1. The van der Waals surface area contributed by atoms with Gasteiger partial charge in [-0.1, -0.05) is 6.07 Å². The summed E-state index contributed by atoms with van der Waals surface area (Å²) < 4.78 is 1.47. The second kappa shape index (κ2) is 4.67. The zero-order valence-corrected chi connectivity index (χ0v) is 12.2. The van der Waals surface area contributed by atoms with Crippen molar-refractivity contribution in [1.29, 1.82) is 0 Å². The van der Waals surface area contributed by atoms with E-state index < -0.39 is 0 Å². The second-order valence-corrected chi connectivity index (χ2v) is 6.83. The highest BCUT2D eigenvalue weighted by Crippen LogP contribution is 2.37. The molecule has 0 bridgehead atoms. The molecule has 2 aromatic rings. The Labute approximate surface area is 113 Å². The van der Waals surface area contributed by atoms with Crippen LogP contribution in [-0.2, 0) is 0 Å². The highest BCUT2D eigenvalue weighted by Gasteiger charge is 2.21. The monoisotopic (exact) mass is 259 g/mol. The Balaban J connectivity index is 2.00. The number of nitrogens with one attached hydrogen (secondary N) is 1. The van der Waals surface area contributed by atoms with Crippen molar-refractivity contribution in [3.05, 3.63) is 34.2 Å². The molecule has 1 nitrogen and oxygen atoms in total. The third-order valence-corrected chi connectivity index (χ3v) is 5.28. The van der Waals surface area contributed by atoms with E-state index in [9.17, 15) is 0 Å². The highest BCUT2D eigenvalue weighted by molar-refractivity contribution is 7.19. The lowest BCUT2D eigenvalue weighted by molar-refractivity contribution is 0.384. The van der Waals surface area contributed by atoms with Crippen LogP contribution in [0.25, 0.3) is 10.1 Å². The predicted octanol–water partition coefficient (Wildman–Crippen LogP) is 4.37. The Morgan fingerprint density at radius 2 is 2.06 bits per heavy atom. The molecule has 1 saturated heterocycles. The van der Waals surface area contributed by atoms with Crippen molar-refractivity contribution in [2.24, 2.45) is 0 Å². The summed E-state index contributed by atoms with van der Waals surface area (Å²) in [6, 6.07) is 7.74. The average Bonchev–Trinajstić information content (AvgIpc) is 2.73. The van der Waals surface area contributed by atoms with Crippen LogP contribution in [0.1, 0.15) is 41.7 Å². The first-order valence-electron chi connectivity index (χ1n) is 6.87. The minimum atomic E-state index is 0.664. The van der Waals surface area contributed by atoms with Gasteiger partial charge in [-0.15, -0.1) is 11.3 Å². The Hall–Kier alpha value is -0.860. The first-order valence-corrected chi connectivity index (χ1v) is 7.69. The molecular weight excluding hydrogens is 238 g/mol. The maximum atomic E-state index is 3.54. The van der Waals surface area contributed by atoms with Gasteiger partial charge in [0.25, 0.3) is 0 Å². The third kappa shape index (κ3) is 2.19. The van der Waals surface area contributed by atoms with Gasteiger partial charge >= 0.3 is 0 Å². The topological polar surface area (TPSA) is 12.0 Å². The summed E-state index contributed by atoms with van der Waals surface area (Å²) in [7, 11) is 0. The van der Waals surface area contributed by atoms with Crippen molar-refractivity contribution in [3.63, 3.8) is 0 Å². The SMILES string of the molecule is Cc1cc(C)c2cc([C@@H]3CCN[C@@H](C)C3)sc2c1. The van der Waals surface area contributed by atoms with Gasteiger partial charge in [-0.3, -0.25) is 0 Å². The van der Waals surface area contributed by atoms with E-state index in [1.54, 1.807) is 4.88 Å². The van der Waals surface area contributed by atoms with Gasteiger partial charge in [-0.2, -0.15) is 0 Å². The van der Waals surface area contributed by atoms with E-state index in [2.05, 4.69) is 44.3 Å². The summed E-state index contributed by atoms with van der Waals surface area (Å²) >= 11 is 2.01. The van der Waals surface area contributed by atoms with Crippen molar-refractivity contribution >= 4 is 21.4 Å². The molecule has 18 heavy (non-hydrogen) atoms. The number of hydrogen-bond donors (Lipinski definition) is 1. The molecule has 0 amide bonds. The molecule has 0 saturated carbocycles. The Kier molecular flexibility index (Phi) is 3.16. The lowest BCUT2D eigenvalue weighted by Crippen LogP contribution is -2.34. The van der Waals surface area contributed by atoms with Crippen LogP contribution in [0.2, 0.25) is 0 Å². The molecule has 0 aliphatic carbocycles. The minimum absolute atomic E-state index is 0.664. The van der Waals surface area contributed by atoms with E-state index in [4.69, 9.17) is 0 Å². The van der Waals surface area contributed by atoms with Gasteiger partial charge in [0.2, 0.25) is 0 Å². The Morgan fingerprint density at radius 1 is 1.22 bits per heavy atom. The normalized spacial score (nSPS) is 24.6. The van der Waals surface area contributed by atoms with Gasteiger partial charge in [-0.05, 0) is 74.7 Å². The number of benzene rings is 1. The Bertz CT molecular complexity index is 570. The van der Waals surface area contributed by atoms with Crippen molar-refractivity contribution in [3.8, 4) is 0 Å². The zero-order valence-electron chi connectivity index (χ0n) is 11.4. The predicted molar refractivity (Wildman–Crippen MR) is 80.7 cm³/mol. The van der Waals surface area contributed by atoms with Crippen molar-refractivity contribution in [2.45, 2.75) is 45.6 Å². The number of fused-ring (bicyclic) bond motifs is 1. The molecule has 1 aliphatic heterocycles. The number of thiophene rings is 1. The van der Waals surface area contributed by atoms with Crippen LogP contribution >= 0.6 is 11.3 Å². The molecular formula is C16H21NS. The fourth-order valence-electron chi connectivity index (χ4n) is 3.10. The van der Waals surface area contributed by atoms with Gasteiger partial charge < -0.3 is 5.32 Å². The van der Waals surface area contributed by atoms with Crippen molar-refractivity contribution in [2.75, 3.05) is 6.54 Å². The smallest absolute Gasteiger partial charge is 0.0351 e. The summed E-state index contributed by atoms with van der Waals surface area (Å²) in [5.41, 5.74) is 2.81. The van der Waals surface area contributed by atoms with Gasteiger partial charge in [-0.25, -0.2) is 0 Å². The van der Waals surface area contributed by atoms with Crippen molar-refractivity contribution < 1.29 is 0 Å². The molecule has 1 N–H and O–H groups in total. The largest absolute Gasteiger partial charge is 0.314 e. The molecule has 96 valence electrons. The molecule has 1 aromatic heterocycles. The fraction of sp³-hybridized carbons (Fsp3) is 0.500. The lowest BCUT2D eigenvalue weighted by atomic mass is 9.91. The van der Waals surface area contributed by atoms with Gasteiger partial charge in [0.15, 0.2) is 0 Å². The minimum Gasteiger partial charge on any atom is -0.314 e. The molecule has 0 spiro atoms. The van der Waals surface area contributed by atoms with Crippen LogP contribution in [0.5, 0.6) is 0 Å². The van der Waals surface area contributed by atoms with Crippen LogP contribution in [-0.4, -0.2) is 12.6 Å². The summed E-state index contributed by atoms with van der Waals surface area (Å²) in [4.78, 5) is 1.59. The van der Waals surface area contributed by atoms with Gasteiger partial charge in [0.1, 0.15) is 0 Å². The van der Waals surface area contributed by atoms with E-state index in [1.807, 2.05) is 11.3 Å². The van der Waals surface area contributed by atoms with Crippen molar-refractivity contribution in [1.82, 2.24) is 5.32 Å². The second-order valence-electron chi connectivity index (χ2n) is 5.72. The van der Waals surface area contributed by atoms with Crippen LogP contribution in [0.15, 0.2) is 18.2 Å². The van der Waals surface area contributed by atoms with Crippen LogP contribution in [0.3, 0.4) is 0 Å². The van der Waals surface area contributed by atoms with Crippen LogP contribution < -0.4 is 5.32 Å². The summed E-state index contributed by atoms with van der Waals surface area (Å²) in [6.07, 6.45) is 2.57. The molecule has 0 radical (unpaired) electrons. The molecule has 1 aromatic carbocycles. The van der Waals surface area contributed by atoms with Gasteiger partial charge in [0.05, 0.1) is 0 Å². The number of hydrogen-bond acceptors (Lipinski definition) is 2. The third-order valence-electron chi connectivity index (χ3n) is 4.03. The number of piperidine rings is 1. The van der Waals surface area contributed by atoms with E-state index in [0.717, 1.165) is 12.5 Å². The van der Waals surface area contributed by atoms with E-state index in [1.165, 1.54) is 34.1 Å². The molecule has 0 unspecified atom stereocenters. The summed E-state index contributed by atoms with van der Waals surface area (Å²) in [5.74, 6) is 0.762. The van der Waals surface area contributed by atoms with Crippen LogP contribution in [0, 0.1) is 13.8 Å². The zero-order chi connectivity index (χ0) is 12.7. The summed E-state index contributed by atoms with van der Waals surface area (Å²) in [5, 5.41) is 5.01.